The number of rotatable bonds is 15. The van der Waals surface area contributed by atoms with Crippen molar-refractivity contribution < 1.29 is 36.8 Å². The van der Waals surface area contributed by atoms with Crippen LogP contribution in [0.15, 0.2) is 48.8 Å². The molecule has 1 aromatic carbocycles. The lowest BCUT2D eigenvalue weighted by molar-refractivity contribution is -0.697. The van der Waals surface area contributed by atoms with E-state index in [-0.39, 0.29) is 5.69 Å². The first kappa shape index (κ1) is 28.1. The van der Waals surface area contributed by atoms with Gasteiger partial charge in [0.05, 0.1) is 5.69 Å². The van der Waals surface area contributed by atoms with Crippen LogP contribution < -0.4 is 20.5 Å². The summed E-state index contributed by atoms with van der Waals surface area (Å²) in [6.07, 6.45) is 12.4. The van der Waals surface area contributed by atoms with Crippen LogP contribution in [0.2, 0.25) is 0 Å². The van der Waals surface area contributed by atoms with Crippen LogP contribution in [0, 0.1) is 0 Å². The normalized spacial score (nSPS) is 11.8. The molecule has 2 N–H and O–H groups in total. The number of halogens is 4. The summed E-state index contributed by atoms with van der Waals surface area (Å²) in [4.78, 5) is 21.9. The summed E-state index contributed by atoms with van der Waals surface area (Å²) < 4.78 is 55.6. The van der Waals surface area contributed by atoms with Crippen molar-refractivity contribution in [2.45, 2.75) is 76.7 Å². The van der Waals surface area contributed by atoms with Gasteiger partial charge in [0, 0.05) is 18.1 Å². The zero-order valence-corrected chi connectivity index (χ0v) is 19.7. The van der Waals surface area contributed by atoms with Crippen molar-refractivity contribution in [1.29, 1.82) is 0 Å². The Morgan fingerprint density at radius 3 is 2.31 bits per heavy atom. The third kappa shape index (κ3) is 7.93. The number of carboxylic acid groups (broad SMARTS) is 1. The molecule has 35 heavy (non-hydrogen) atoms. The number of hydrazine groups is 1. The zero-order chi connectivity index (χ0) is 25.9. The maximum Gasteiger partial charge on any atom is 0.393 e. The molecule has 0 radical (unpaired) electrons. The number of pyridine rings is 1. The lowest BCUT2D eigenvalue weighted by Crippen LogP contribution is -2.61. The van der Waals surface area contributed by atoms with Crippen molar-refractivity contribution in [3.63, 3.8) is 0 Å². The van der Waals surface area contributed by atoms with Crippen molar-refractivity contribution >= 4 is 17.6 Å². The molecule has 0 bridgehead atoms. The fourth-order valence-corrected chi connectivity index (χ4v) is 3.55. The molecule has 6 nitrogen and oxygen atoms in total. The Morgan fingerprint density at radius 2 is 1.60 bits per heavy atom. The standard InChI is InChI=1S/C25H31F4N3O3/c1-2-3-4-5-6-9-16-32-17-10-11-19(18-32)14-15-20-12-7-8-13-21(20)30-31-22(33)24(26,27)25(28,29)23(34)35/h7-8,10-13,17-18,30H,2-6,9,14-16H2,1H3,(H-,31,33,34,35). The average molecular weight is 498 g/mol. The summed E-state index contributed by atoms with van der Waals surface area (Å²) in [5, 5.41) is 10.3. The van der Waals surface area contributed by atoms with E-state index in [1.807, 2.05) is 24.5 Å². The third-order valence-corrected chi connectivity index (χ3v) is 5.64. The molecule has 0 spiro atoms. The summed E-state index contributed by atoms with van der Waals surface area (Å²) in [5.74, 6) is -17.0. The lowest BCUT2D eigenvalue weighted by atomic mass is 10.0. The average Bonchev–Trinajstić information content (AvgIpc) is 2.83. The predicted octanol–water partition coefficient (Wildman–Crippen LogP) is 3.58. The van der Waals surface area contributed by atoms with Gasteiger partial charge in [-0.15, -0.1) is 0 Å². The van der Waals surface area contributed by atoms with Crippen LogP contribution in [0.4, 0.5) is 23.2 Å². The van der Waals surface area contributed by atoms with Crippen molar-refractivity contribution in [3.8, 4) is 0 Å². The van der Waals surface area contributed by atoms with Crippen LogP contribution >= 0.6 is 0 Å². The van der Waals surface area contributed by atoms with E-state index in [1.165, 1.54) is 43.6 Å². The van der Waals surface area contributed by atoms with Gasteiger partial charge in [-0.1, -0.05) is 50.8 Å². The number of amides is 1. The number of nitrogens with one attached hydrogen (secondary N) is 2. The number of carbonyl (C=O) groups is 2. The number of hydrogen-bond donors (Lipinski definition) is 2. The molecule has 0 unspecified atom stereocenters. The number of carbonyl (C=O) groups excluding carboxylic acids is 2. The number of aromatic nitrogens is 1. The van der Waals surface area contributed by atoms with Gasteiger partial charge in [-0.3, -0.25) is 15.6 Å². The molecule has 1 heterocycles. The van der Waals surface area contributed by atoms with Gasteiger partial charge in [0.15, 0.2) is 12.4 Å². The van der Waals surface area contributed by atoms with Gasteiger partial charge >= 0.3 is 17.8 Å². The third-order valence-electron chi connectivity index (χ3n) is 5.64. The van der Waals surface area contributed by atoms with E-state index in [9.17, 15) is 32.3 Å². The first-order valence-corrected chi connectivity index (χ1v) is 11.7. The monoisotopic (exact) mass is 497 g/mol. The second-order valence-corrected chi connectivity index (χ2v) is 8.39. The van der Waals surface area contributed by atoms with Gasteiger partial charge in [-0.05, 0) is 37.0 Å². The Bertz CT molecular complexity index is 986. The molecule has 0 saturated heterocycles. The number of anilines is 1. The SMILES string of the molecule is CCCCCCCC[n+]1cccc(CCc2ccccc2NNC(=O)C(F)(F)C(F)(F)C(=O)[O-])c1. The molecule has 2 rings (SSSR count). The Balaban J connectivity index is 1.94. The van der Waals surface area contributed by atoms with Crippen molar-refractivity contribution in [3.05, 3.63) is 59.9 Å². The summed E-state index contributed by atoms with van der Waals surface area (Å²) in [6.45, 7) is 3.10. The molecule has 1 amide bonds. The number of nitrogens with zero attached hydrogens (tertiary/aromatic N) is 1. The van der Waals surface area contributed by atoms with E-state index in [1.54, 1.807) is 18.2 Å². The van der Waals surface area contributed by atoms with Gasteiger partial charge < -0.3 is 9.90 Å². The summed E-state index contributed by atoms with van der Waals surface area (Å²) >= 11 is 0. The predicted molar refractivity (Wildman–Crippen MR) is 121 cm³/mol. The number of alkyl halides is 4. The second-order valence-electron chi connectivity index (χ2n) is 8.39. The van der Waals surface area contributed by atoms with Gasteiger partial charge in [0.1, 0.15) is 12.5 Å². The number of hydrogen-bond acceptors (Lipinski definition) is 4. The van der Waals surface area contributed by atoms with E-state index in [0.29, 0.717) is 18.4 Å². The molecule has 0 aliphatic carbocycles. The van der Waals surface area contributed by atoms with Crippen molar-refractivity contribution in [1.82, 2.24) is 5.43 Å². The highest BCUT2D eigenvalue weighted by atomic mass is 19.3. The fourth-order valence-electron chi connectivity index (χ4n) is 3.55. The highest BCUT2D eigenvalue weighted by Crippen LogP contribution is 2.34. The molecular weight excluding hydrogens is 466 g/mol. The Morgan fingerprint density at radius 1 is 0.914 bits per heavy atom. The molecular formula is C25H31F4N3O3. The van der Waals surface area contributed by atoms with Crippen molar-refractivity contribution in [2.75, 3.05) is 5.43 Å². The summed E-state index contributed by atoms with van der Waals surface area (Å²) in [5.41, 5.74) is 5.60. The Hall–Kier alpha value is -3.17. The van der Waals surface area contributed by atoms with Gasteiger partial charge in [0.2, 0.25) is 0 Å². The van der Waals surface area contributed by atoms with Crippen molar-refractivity contribution in [2.24, 2.45) is 0 Å². The van der Waals surface area contributed by atoms with Crippen LogP contribution in [-0.4, -0.2) is 23.7 Å². The molecule has 1 aromatic heterocycles. The number of benzene rings is 1. The van der Waals surface area contributed by atoms with E-state index < -0.39 is 23.7 Å². The minimum atomic E-state index is -5.66. The second kappa shape index (κ2) is 13.1. The van der Waals surface area contributed by atoms with Gasteiger partial charge in [0.25, 0.3) is 0 Å². The van der Waals surface area contributed by atoms with Gasteiger partial charge in [-0.25, -0.2) is 4.57 Å². The van der Waals surface area contributed by atoms with E-state index in [4.69, 9.17) is 0 Å². The number of unbranched alkanes of at least 4 members (excludes halogenated alkanes) is 5. The van der Waals surface area contributed by atoms with Crippen LogP contribution in [-0.2, 0) is 29.0 Å². The molecule has 2 aromatic rings. The Labute approximate surface area is 202 Å². The molecule has 0 fully saturated rings. The van der Waals surface area contributed by atoms with Crippen LogP contribution in [0.3, 0.4) is 0 Å². The first-order chi connectivity index (χ1) is 16.6. The van der Waals surface area contributed by atoms with E-state index in [2.05, 4.69) is 16.9 Å². The topological polar surface area (TPSA) is 85.1 Å². The molecule has 10 heteroatoms. The van der Waals surface area contributed by atoms with Crippen LogP contribution in [0.25, 0.3) is 0 Å². The number of carboxylic acids is 1. The highest BCUT2D eigenvalue weighted by Gasteiger charge is 2.63. The minimum absolute atomic E-state index is 0.226. The molecule has 0 aliphatic heterocycles. The van der Waals surface area contributed by atoms with E-state index >= 15 is 0 Å². The van der Waals surface area contributed by atoms with Crippen LogP contribution in [0.1, 0.15) is 56.6 Å². The number of para-hydroxylation sites is 1. The smallest absolute Gasteiger partial charge is 0.393 e. The summed E-state index contributed by atoms with van der Waals surface area (Å²) in [7, 11) is 0. The lowest BCUT2D eigenvalue weighted by Gasteiger charge is -2.26. The largest absolute Gasteiger partial charge is 0.544 e. The first-order valence-electron chi connectivity index (χ1n) is 11.7. The highest BCUT2D eigenvalue weighted by molar-refractivity contribution is 5.92. The van der Waals surface area contributed by atoms with Crippen LogP contribution in [0.5, 0.6) is 0 Å². The maximum atomic E-state index is 13.6. The number of aliphatic carboxylic acids is 1. The quantitative estimate of drug-likeness (QED) is 0.171. The molecule has 192 valence electrons. The molecule has 0 atom stereocenters. The van der Waals surface area contributed by atoms with E-state index in [0.717, 1.165) is 18.5 Å². The zero-order valence-electron chi connectivity index (χ0n) is 19.7. The number of aryl methyl sites for hydroxylation is 3. The Kier molecular flexibility index (Phi) is 10.5. The fraction of sp³-hybridized carbons (Fsp3) is 0.480. The molecule has 0 saturated carbocycles. The van der Waals surface area contributed by atoms with Gasteiger partial charge in [-0.2, -0.15) is 17.6 Å². The minimum Gasteiger partial charge on any atom is -0.544 e. The summed E-state index contributed by atoms with van der Waals surface area (Å²) in [6, 6.07) is 10.4. The maximum absolute atomic E-state index is 13.6. The molecule has 0 aliphatic rings.